The summed E-state index contributed by atoms with van der Waals surface area (Å²) in [6, 6.07) is 16.2. The van der Waals surface area contributed by atoms with Crippen molar-refractivity contribution in [1.29, 1.82) is 0 Å². The fourth-order valence-electron chi connectivity index (χ4n) is 4.81. The normalized spacial score (nSPS) is 16.8. The van der Waals surface area contributed by atoms with Gasteiger partial charge in [0.05, 0.1) is 5.56 Å². The van der Waals surface area contributed by atoms with Crippen LogP contribution in [0.5, 0.6) is 0 Å². The highest BCUT2D eigenvalue weighted by Gasteiger charge is 2.27. The van der Waals surface area contributed by atoms with E-state index in [0.29, 0.717) is 23.7 Å². The molecule has 6 heteroatoms. The molecule has 2 aliphatic rings. The molecule has 0 atom stereocenters. The minimum absolute atomic E-state index is 0.0726. The van der Waals surface area contributed by atoms with E-state index in [1.807, 2.05) is 30.0 Å². The third-order valence-corrected chi connectivity index (χ3v) is 6.54. The van der Waals surface area contributed by atoms with Crippen LogP contribution >= 0.6 is 0 Å². The highest BCUT2D eigenvalue weighted by atomic mass is 16.2. The van der Waals surface area contributed by atoms with Crippen molar-refractivity contribution in [3.8, 4) is 0 Å². The van der Waals surface area contributed by atoms with E-state index in [4.69, 9.17) is 0 Å². The van der Waals surface area contributed by atoms with Crippen LogP contribution in [0.4, 0.5) is 16.2 Å². The minimum atomic E-state index is -0.249. The molecule has 0 radical (unpaired) electrons. The summed E-state index contributed by atoms with van der Waals surface area (Å²) in [5, 5.41) is 5.60. The monoisotopic (exact) mass is 434 g/mol. The molecule has 170 valence electrons. The van der Waals surface area contributed by atoms with Gasteiger partial charge < -0.3 is 20.4 Å². The Hall–Kier alpha value is -3.02. The van der Waals surface area contributed by atoms with E-state index < -0.39 is 0 Å². The van der Waals surface area contributed by atoms with E-state index in [0.717, 1.165) is 64.0 Å². The van der Waals surface area contributed by atoms with Crippen LogP contribution in [-0.2, 0) is 6.42 Å². The quantitative estimate of drug-likeness (QED) is 0.702. The molecule has 0 aromatic heterocycles. The largest absolute Gasteiger partial charge is 0.371 e. The van der Waals surface area contributed by atoms with Crippen molar-refractivity contribution >= 4 is 23.3 Å². The van der Waals surface area contributed by atoms with Crippen LogP contribution in [0.3, 0.4) is 0 Å². The number of nitrogens with one attached hydrogen (secondary N) is 2. The molecule has 2 N–H and O–H groups in total. The first kappa shape index (κ1) is 22.2. The molecule has 32 heavy (non-hydrogen) atoms. The molecule has 2 aliphatic heterocycles. The lowest BCUT2D eigenvalue weighted by molar-refractivity contribution is 0.0793. The molecule has 3 amide bonds. The van der Waals surface area contributed by atoms with E-state index >= 15 is 0 Å². The second-order valence-electron chi connectivity index (χ2n) is 8.84. The predicted octanol–water partition coefficient (Wildman–Crippen LogP) is 4.52. The lowest BCUT2D eigenvalue weighted by Gasteiger charge is -2.35. The third-order valence-electron chi connectivity index (χ3n) is 6.54. The Bertz CT molecular complexity index is 917. The number of carbonyl (C=O) groups is 2. The lowest BCUT2D eigenvalue weighted by Crippen LogP contribution is -2.37. The van der Waals surface area contributed by atoms with Gasteiger partial charge >= 0.3 is 6.03 Å². The Morgan fingerprint density at radius 3 is 2.38 bits per heavy atom. The molecule has 0 bridgehead atoms. The summed E-state index contributed by atoms with van der Waals surface area (Å²) in [5.74, 6) is 0.744. The highest BCUT2D eigenvalue weighted by molar-refractivity contribution is 6.02. The molecule has 2 aromatic rings. The Labute approximate surface area is 191 Å². The van der Waals surface area contributed by atoms with E-state index in [1.54, 1.807) is 0 Å². The van der Waals surface area contributed by atoms with E-state index in [9.17, 15) is 9.59 Å². The van der Waals surface area contributed by atoms with Gasteiger partial charge in [0.25, 0.3) is 5.91 Å². The van der Waals surface area contributed by atoms with Crippen molar-refractivity contribution in [3.63, 3.8) is 0 Å². The number of hydrogen-bond donors (Lipinski definition) is 2. The van der Waals surface area contributed by atoms with Gasteiger partial charge in [0, 0.05) is 44.1 Å². The molecular weight excluding hydrogens is 400 g/mol. The molecule has 0 aliphatic carbocycles. The molecule has 2 aromatic carbocycles. The van der Waals surface area contributed by atoms with E-state index in [-0.39, 0.29) is 11.9 Å². The fraction of sp³-hybridized carbons (Fsp3) is 0.462. The Morgan fingerprint density at radius 2 is 1.69 bits per heavy atom. The standard InChI is InChI=1S/C26H34N4O2/c1-2-27-26(32)28-22-10-11-24(23(19-22)25(31)30-14-6-7-15-30)29-16-12-21(13-17-29)18-20-8-4-3-5-9-20/h3-5,8-11,19,21H,2,6-7,12-18H2,1H3,(H2,27,28,32). The van der Waals surface area contributed by atoms with Gasteiger partial charge in [-0.25, -0.2) is 4.79 Å². The number of anilines is 2. The number of hydrogen-bond acceptors (Lipinski definition) is 3. The van der Waals surface area contributed by atoms with Crippen LogP contribution in [0, 0.1) is 5.92 Å². The van der Waals surface area contributed by atoms with Crippen molar-refractivity contribution in [1.82, 2.24) is 10.2 Å². The zero-order valence-electron chi connectivity index (χ0n) is 19.0. The number of carbonyl (C=O) groups excluding carboxylic acids is 2. The maximum atomic E-state index is 13.4. The first-order valence-corrected chi connectivity index (χ1v) is 11.9. The maximum absolute atomic E-state index is 13.4. The van der Waals surface area contributed by atoms with Crippen LogP contribution in [-0.4, -0.2) is 49.6 Å². The van der Waals surface area contributed by atoms with Crippen molar-refractivity contribution in [3.05, 3.63) is 59.7 Å². The van der Waals surface area contributed by atoms with Gasteiger partial charge in [-0.2, -0.15) is 0 Å². The minimum Gasteiger partial charge on any atom is -0.371 e. The number of urea groups is 1. The first-order valence-electron chi connectivity index (χ1n) is 11.9. The molecule has 2 fully saturated rings. The number of nitrogens with zero attached hydrogens (tertiary/aromatic N) is 2. The van der Waals surface area contributed by atoms with Crippen molar-refractivity contribution < 1.29 is 9.59 Å². The number of benzene rings is 2. The predicted molar refractivity (Wildman–Crippen MR) is 129 cm³/mol. The summed E-state index contributed by atoms with van der Waals surface area (Å²) in [5.41, 5.74) is 3.74. The zero-order chi connectivity index (χ0) is 22.3. The number of rotatable bonds is 6. The van der Waals surface area contributed by atoms with E-state index in [1.165, 1.54) is 5.56 Å². The average Bonchev–Trinajstić information content (AvgIpc) is 3.35. The molecular formula is C26H34N4O2. The van der Waals surface area contributed by atoms with Gasteiger partial charge in [0.1, 0.15) is 0 Å². The Morgan fingerprint density at radius 1 is 0.969 bits per heavy atom. The topological polar surface area (TPSA) is 64.7 Å². The second-order valence-corrected chi connectivity index (χ2v) is 8.84. The van der Waals surface area contributed by atoms with Crippen molar-refractivity contribution in [2.75, 3.05) is 42.9 Å². The van der Waals surface area contributed by atoms with Crippen LogP contribution in [0.15, 0.2) is 48.5 Å². The summed E-state index contributed by atoms with van der Waals surface area (Å²) in [4.78, 5) is 29.6. The van der Waals surface area contributed by atoms with Gasteiger partial charge in [-0.05, 0) is 68.7 Å². The first-order chi connectivity index (χ1) is 15.6. The summed E-state index contributed by atoms with van der Waals surface area (Å²) >= 11 is 0. The van der Waals surface area contributed by atoms with Crippen LogP contribution in [0.1, 0.15) is 48.5 Å². The average molecular weight is 435 g/mol. The van der Waals surface area contributed by atoms with Crippen molar-refractivity contribution in [2.24, 2.45) is 5.92 Å². The van der Waals surface area contributed by atoms with E-state index in [2.05, 4.69) is 45.9 Å². The number of piperidine rings is 1. The Balaban J connectivity index is 1.49. The van der Waals surface area contributed by atoms with Crippen LogP contribution < -0.4 is 15.5 Å². The molecule has 0 spiro atoms. The summed E-state index contributed by atoms with van der Waals surface area (Å²) < 4.78 is 0. The SMILES string of the molecule is CCNC(=O)Nc1ccc(N2CCC(Cc3ccccc3)CC2)c(C(=O)N2CCCC2)c1. The molecule has 4 rings (SSSR count). The Kier molecular flexibility index (Phi) is 7.30. The highest BCUT2D eigenvalue weighted by Crippen LogP contribution is 2.31. The smallest absolute Gasteiger partial charge is 0.319 e. The molecule has 0 unspecified atom stereocenters. The summed E-state index contributed by atoms with van der Waals surface area (Å²) in [6.45, 7) is 5.95. The van der Waals surface area contributed by atoms with Gasteiger partial charge in [-0.1, -0.05) is 30.3 Å². The summed E-state index contributed by atoms with van der Waals surface area (Å²) in [6.07, 6.45) is 5.46. The molecule has 6 nitrogen and oxygen atoms in total. The maximum Gasteiger partial charge on any atom is 0.319 e. The third kappa shape index (κ3) is 5.42. The van der Waals surface area contributed by atoms with Gasteiger partial charge in [-0.3, -0.25) is 4.79 Å². The van der Waals surface area contributed by atoms with Crippen molar-refractivity contribution in [2.45, 2.75) is 39.0 Å². The lowest BCUT2D eigenvalue weighted by atomic mass is 9.89. The number of amides is 3. The zero-order valence-corrected chi connectivity index (χ0v) is 19.0. The molecule has 2 heterocycles. The van der Waals surface area contributed by atoms with Crippen LogP contribution in [0.25, 0.3) is 0 Å². The summed E-state index contributed by atoms with van der Waals surface area (Å²) in [7, 11) is 0. The van der Waals surface area contributed by atoms with Gasteiger partial charge in [0.2, 0.25) is 0 Å². The molecule has 0 saturated carbocycles. The van der Waals surface area contributed by atoms with Crippen LogP contribution in [0.2, 0.25) is 0 Å². The fourth-order valence-corrected chi connectivity index (χ4v) is 4.81. The second kappa shape index (κ2) is 10.5. The van der Waals surface area contributed by atoms with Gasteiger partial charge in [-0.15, -0.1) is 0 Å². The van der Waals surface area contributed by atoms with Gasteiger partial charge in [0.15, 0.2) is 0 Å². The number of likely N-dealkylation sites (tertiary alicyclic amines) is 1. The molecule has 2 saturated heterocycles.